The molecule has 1 aliphatic rings. The van der Waals surface area contributed by atoms with Crippen LogP contribution in [0.25, 0.3) is 0 Å². The van der Waals surface area contributed by atoms with Crippen LogP contribution in [0.5, 0.6) is 0 Å². The lowest BCUT2D eigenvalue weighted by Gasteiger charge is -2.23. The quantitative estimate of drug-likeness (QED) is 0.369. The molecule has 1 aromatic rings. The SMILES string of the molecule is CCC(=O)N1CC[C@H](C(=O)N[C@@H](Cc2ccccc2)C(=O)N[C@@H](CCC(N)=O)C(=O)O)C1. The van der Waals surface area contributed by atoms with Gasteiger partial charge in [0, 0.05) is 32.4 Å². The topological polar surface area (TPSA) is 159 Å². The zero-order chi connectivity index (χ0) is 23.7. The van der Waals surface area contributed by atoms with Crippen molar-refractivity contribution in [2.45, 2.75) is 51.1 Å². The number of hydrogen-bond acceptors (Lipinski definition) is 5. The van der Waals surface area contributed by atoms with Crippen LogP contribution in [0.15, 0.2) is 30.3 Å². The number of likely N-dealkylation sites (tertiary alicyclic amines) is 1. The molecule has 1 aliphatic heterocycles. The van der Waals surface area contributed by atoms with Gasteiger partial charge in [-0.1, -0.05) is 37.3 Å². The molecule has 1 fully saturated rings. The number of carboxylic acids is 1. The Morgan fingerprint density at radius 3 is 2.41 bits per heavy atom. The number of carbonyl (C=O) groups excluding carboxylic acids is 4. The maximum absolute atomic E-state index is 12.9. The summed E-state index contributed by atoms with van der Waals surface area (Å²) < 4.78 is 0. The minimum absolute atomic E-state index is 0.0300. The monoisotopic (exact) mass is 446 g/mol. The van der Waals surface area contributed by atoms with Crippen molar-refractivity contribution < 1.29 is 29.1 Å². The molecule has 0 radical (unpaired) electrons. The van der Waals surface area contributed by atoms with E-state index in [1.54, 1.807) is 36.1 Å². The number of carboxylic acid groups (broad SMARTS) is 1. The maximum atomic E-state index is 12.9. The lowest BCUT2D eigenvalue weighted by Crippen LogP contribution is -2.53. The molecule has 32 heavy (non-hydrogen) atoms. The van der Waals surface area contributed by atoms with Gasteiger partial charge in [-0.15, -0.1) is 0 Å². The Hall–Kier alpha value is -3.43. The predicted octanol–water partition coefficient (Wildman–Crippen LogP) is -0.193. The molecule has 1 heterocycles. The van der Waals surface area contributed by atoms with Gasteiger partial charge in [0.2, 0.25) is 23.6 Å². The van der Waals surface area contributed by atoms with Crippen LogP contribution in [-0.2, 0) is 30.4 Å². The fourth-order valence-corrected chi connectivity index (χ4v) is 3.59. The maximum Gasteiger partial charge on any atom is 0.326 e. The van der Waals surface area contributed by atoms with Gasteiger partial charge in [-0.25, -0.2) is 4.79 Å². The van der Waals surface area contributed by atoms with E-state index in [2.05, 4.69) is 10.6 Å². The molecule has 0 saturated carbocycles. The molecule has 174 valence electrons. The summed E-state index contributed by atoms with van der Waals surface area (Å²) in [5.74, 6) is -3.48. The number of nitrogens with one attached hydrogen (secondary N) is 2. The van der Waals surface area contributed by atoms with E-state index in [9.17, 15) is 29.1 Å². The van der Waals surface area contributed by atoms with Gasteiger partial charge in [-0.05, 0) is 18.4 Å². The largest absolute Gasteiger partial charge is 0.480 e. The van der Waals surface area contributed by atoms with Crippen molar-refractivity contribution in [1.82, 2.24) is 15.5 Å². The first-order chi connectivity index (χ1) is 15.2. The van der Waals surface area contributed by atoms with Crippen molar-refractivity contribution in [1.29, 1.82) is 0 Å². The number of primary amides is 1. The average molecular weight is 447 g/mol. The number of carbonyl (C=O) groups is 5. The van der Waals surface area contributed by atoms with Crippen LogP contribution in [0.1, 0.15) is 38.2 Å². The second-order valence-corrected chi connectivity index (χ2v) is 7.83. The van der Waals surface area contributed by atoms with E-state index in [0.717, 1.165) is 5.56 Å². The van der Waals surface area contributed by atoms with E-state index in [1.165, 1.54) is 0 Å². The first-order valence-corrected chi connectivity index (χ1v) is 10.6. The van der Waals surface area contributed by atoms with Gasteiger partial charge in [0.15, 0.2) is 0 Å². The Bertz CT molecular complexity index is 844. The normalized spacial score (nSPS) is 17.3. The highest BCUT2D eigenvalue weighted by Crippen LogP contribution is 2.18. The molecule has 4 amide bonds. The molecular weight excluding hydrogens is 416 g/mol. The van der Waals surface area contributed by atoms with Crippen molar-refractivity contribution in [3.63, 3.8) is 0 Å². The summed E-state index contributed by atoms with van der Waals surface area (Å²) in [6, 6.07) is 6.68. The van der Waals surface area contributed by atoms with Crippen molar-refractivity contribution >= 4 is 29.6 Å². The molecule has 0 unspecified atom stereocenters. The lowest BCUT2D eigenvalue weighted by molar-refractivity contribution is -0.142. The standard InChI is InChI=1S/C22H30N4O6/c1-2-19(28)26-11-10-15(13-26)20(29)25-17(12-14-6-4-3-5-7-14)21(30)24-16(22(31)32)8-9-18(23)27/h3-7,15-17H,2,8-13H2,1H3,(H2,23,27)(H,24,30)(H,25,29)(H,31,32)/t15-,16-,17-/m0/s1. The first-order valence-electron chi connectivity index (χ1n) is 10.6. The Labute approximate surface area is 186 Å². The molecule has 10 nitrogen and oxygen atoms in total. The van der Waals surface area contributed by atoms with Crippen molar-refractivity contribution in [3.05, 3.63) is 35.9 Å². The van der Waals surface area contributed by atoms with E-state index in [4.69, 9.17) is 5.73 Å². The summed E-state index contributed by atoms with van der Waals surface area (Å²) in [5.41, 5.74) is 5.87. The van der Waals surface area contributed by atoms with Crippen LogP contribution in [0.2, 0.25) is 0 Å². The van der Waals surface area contributed by atoms with Crippen molar-refractivity contribution in [3.8, 4) is 0 Å². The highest BCUT2D eigenvalue weighted by molar-refractivity contribution is 5.91. The molecule has 10 heteroatoms. The van der Waals surface area contributed by atoms with Gasteiger partial charge < -0.3 is 26.4 Å². The van der Waals surface area contributed by atoms with E-state index in [1.807, 2.05) is 6.07 Å². The van der Waals surface area contributed by atoms with Gasteiger partial charge in [0.25, 0.3) is 0 Å². The second-order valence-electron chi connectivity index (χ2n) is 7.83. The highest BCUT2D eigenvalue weighted by atomic mass is 16.4. The number of nitrogens with zero attached hydrogens (tertiary/aromatic N) is 1. The zero-order valence-electron chi connectivity index (χ0n) is 18.1. The number of benzene rings is 1. The van der Waals surface area contributed by atoms with Gasteiger partial charge in [-0.2, -0.15) is 0 Å². The van der Waals surface area contributed by atoms with Crippen LogP contribution in [0.4, 0.5) is 0 Å². The Kier molecular flexibility index (Phi) is 9.18. The fraction of sp³-hybridized carbons (Fsp3) is 0.500. The van der Waals surface area contributed by atoms with Crippen LogP contribution in [0.3, 0.4) is 0 Å². The number of nitrogens with two attached hydrogens (primary N) is 1. The van der Waals surface area contributed by atoms with Gasteiger partial charge in [0.1, 0.15) is 12.1 Å². The minimum atomic E-state index is -1.31. The summed E-state index contributed by atoms with van der Waals surface area (Å²) >= 11 is 0. The minimum Gasteiger partial charge on any atom is -0.480 e. The van der Waals surface area contributed by atoms with E-state index in [0.29, 0.717) is 19.4 Å². The fourth-order valence-electron chi connectivity index (χ4n) is 3.59. The van der Waals surface area contributed by atoms with Crippen LogP contribution >= 0.6 is 0 Å². The molecule has 1 saturated heterocycles. The van der Waals surface area contributed by atoms with Crippen LogP contribution in [0, 0.1) is 5.92 Å². The Balaban J connectivity index is 2.10. The third-order valence-corrected chi connectivity index (χ3v) is 5.42. The third kappa shape index (κ3) is 7.36. The number of amides is 4. The lowest BCUT2D eigenvalue weighted by atomic mass is 10.0. The molecule has 0 bridgehead atoms. The predicted molar refractivity (Wildman–Crippen MR) is 115 cm³/mol. The summed E-state index contributed by atoms with van der Waals surface area (Å²) in [6.07, 6.45) is 0.656. The summed E-state index contributed by atoms with van der Waals surface area (Å²) in [7, 11) is 0. The smallest absolute Gasteiger partial charge is 0.326 e. The van der Waals surface area contributed by atoms with E-state index in [-0.39, 0.29) is 37.6 Å². The van der Waals surface area contributed by atoms with Crippen molar-refractivity contribution in [2.75, 3.05) is 13.1 Å². The molecule has 0 aliphatic carbocycles. The molecule has 0 spiro atoms. The van der Waals surface area contributed by atoms with Gasteiger partial charge in [-0.3, -0.25) is 19.2 Å². The molecular formula is C22H30N4O6. The van der Waals surface area contributed by atoms with E-state index < -0.39 is 35.8 Å². The molecule has 3 atom stereocenters. The van der Waals surface area contributed by atoms with Crippen molar-refractivity contribution in [2.24, 2.45) is 11.7 Å². The zero-order valence-corrected chi connectivity index (χ0v) is 18.1. The number of hydrogen-bond donors (Lipinski definition) is 4. The summed E-state index contributed by atoms with van der Waals surface area (Å²) in [6.45, 7) is 2.52. The number of aliphatic carboxylic acids is 1. The summed E-state index contributed by atoms with van der Waals surface area (Å²) in [4.78, 5) is 61.8. The summed E-state index contributed by atoms with van der Waals surface area (Å²) in [5, 5.41) is 14.5. The molecule has 2 rings (SSSR count). The van der Waals surface area contributed by atoms with Gasteiger partial charge in [0.05, 0.1) is 5.92 Å². The number of rotatable bonds is 11. The molecule has 1 aromatic carbocycles. The Morgan fingerprint density at radius 2 is 1.81 bits per heavy atom. The van der Waals surface area contributed by atoms with E-state index >= 15 is 0 Å². The van der Waals surface area contributed by atoms with Crippen LogP contribution in [-0.4, -0.2) is 64.8 Å². The van der Waals surface area contributed by atoms with Gasteiger partial charge >= 0.3 is 5.97 Å². The first kappa shape index (κ1) is 24.8. The highest BCUT2D eigenvalue weighted by Gasteiger charge is 2.33. The molecule has 5 N–H and O–H groups in total. The molecule has 0 aromatic heterocycles. The average Bonchev–Trinajstić information content (AvgIpc) is 3.26. The third-order valence-electron chi connectivity index (χ3n) is 5.42. The Morgan fingerprint density at radius 1 is 1.12 bits per heavy atom. The second kappa shape index (κ2) is 11.8. The van der Waals surface area contributed by atoms with Crippen LogP contribution < -0.4 is 16.4 Å².